The first kappa shape index (κ1) is 22.2. The lowest BCUT2D eigenvalue weighted by atomic mass is 9.97. The van der Waals surface area contributed by atoms with E-state index >= 15 is 0 Å². The van der Waals surface area contributed by atoms with Crippen LogP contribution in [0.5, 0.6) is 11.5 Å². The molecular formula is C29H29NO4. The van der Waals surface area contributed by atoms with E-state index in [4.69, 9.17) is 13.9 Å². The number of benzene rings is 3. The minimum atomic E-state index is -0.0735. The van der Waals surface area contributed by atoms with Gasteiger partial charge in [0.25, 0.3) is 0 Å². The Kier molecular flexibility index (Phi) is 6.63. The van der Waals surface area contributed by atoms with Crippen LogP contribution in [0.3, 0.4) is 0 Å². The van der Waals surface area contributed by atoms with Crippen molar-refractivity contribution in [2.75, 3.05) is 33.4 Å². The smallest absolute Gasteiger partial charge is 0.197 e. The number of methoxy groups -OCH3 is 1. The highest BCUT2D eigenvalue weighted by atomic mass is 16.5. The number of ether oxygens (including phenoxy) is 2. The van der Waals surface area contributed by atoms with Crippen molar-refractivity contribution in [1.29, 1.82) is 0 Å². The molecule has 0 N–H and O–H groups in total. The van der Waals surface area contributed by atoms with Crippen molar-refractivity contribution in [3.63, 3.8) is 0 Å². The first-order valence-corrected chi connectivity index (χ1v) is 11.9. The van der Waals surface area contributed by atoms with Gasteiger partial charge in [0.15, 0.2) is 5.78 Å². The molecule has 0 radical (unpaired) electrons. The maximum Gasteiger partial charge on any atom is 0.197 e. The number of ketones is 1. The standard InChI is InChI=1S/C29H29NO4/c1-32-23-13-11-22(12-14-23)29-27(25-7-3-4-8-26(25)34-29)28(31)21-9-15-24(16-10-21)33-20-19-30-17-5-2-6-18-30/h3-4,7-16H,2,5-6,17-20H2,1H3. The number of likely N-dealkylation sites (tertiary alicyclic amines) is 1. The van der Waals surface area contributed by atoms with Gasteiger partial charge in [-0.3, -0.25) is 9.69 Å². The molecule has 1 fully saturated rings. The van der Waals surface area contributed by atoms with Crippen LogP contribution in [0.1, 0.15) is 35.2 Å². The van der Waals surface area contributed by atoms with Gasteiger partial charge in [0, 0.05) is 23.1 Å². The number of rotatable bonds is 8. The number of para-hydroxylation sites is 1. The van der Waals surface area contributed by atoms with Gasteiger partial charge in [-0.2, -0.15) is 0 Å². The van der Waals surface area contributed by atoms with E-state index in [0.29, 0.717) is 29.1 Å². The van der Waals surface area contributed by atoms with Crippen LogP contribution in [0.2, 0.25) is 0 Å². The molecule has 1 aliphatic rings. The Balaban J connectivity index is 1.37. The van der Waals surface area contributed by atoms with Crippen LogP contribution in [-0.4, -0.2) is 44.0 Å². The van der Waals surface area contributed by atoms with E-state index in [0.717, 1.165) is 42.1 Å². The van der Waals surface area contributed by atoms with E-state index in [9.17, 15) is 4.79 Å². The minimum Gasteiger partial charge on any atom is -0.497 e. The molecule has 4 aromatic rings. The molecule has 2 heterocycles. The molecule has 1 aromatic heterocycles. The van der Waals surface area contributed by atoms with E-state index in [2.05, 4.69) is 4.90 Å². The molecule has 5 rings (SSSR count). The zero-order chi connectivity index (χ0) is 23.3. The van der Waals surface area contributed by atoms with Crippen molar-refractivity contribution >= 4 is 16.8 Å². The fourth-order valence-electron chi connectivity index (χ4n) is 4.54. The molecule has 5 nitrogen and oxygen atoms in total. The van der Waals surface area contributed by atoms with Gasteiger partial charge in [0.2, 0.25) is 0 Å². The van der Waals surface area contributed by atoms with Gasteiger partial charge in [-0.15, -0.1) is 0 Å². The van der Waals surface area contributed by atoms with Crippen LogP contribution >= 0.6 is 0 Å². The van der Waals surface area contributed by atoms with Crippen molar-refractivity contribution in [1.82, 2.24) is 4.90 Å². The van der Waals surface area contributed by atoms with Crippen molar-refractivity contribution < 1.29 is 18.7 Å². The summed E-state index contributed by atoms with van der Waals surface area (Å²) >= 11 is 0. The van der Waals surface area contributed by atoms with E-state index in [1.54, 1.807) is 7.11 Å². The average Bonchev–Trinajstić information content (AvgIpc) is 3.29. The molecule has 0 saturated carbocycles. The van der Waals surface area contributed by atoms with E-state index in [-0.39, 0.29) is 5.78 Å². The number of nitrogens with zero attached hydrogens (tertiary/aromatic N) is 1. The van der Waals surface area contributed by atoms with Crippen LogP contribution in [0, 0.1) is 0 Å². The normalized spacial score (nSPS) is 14.3. The van der Waals surface area contributed by atoms with Crippen LogP contribution in [0.25, 0.3) is 22.3 Å². The second kappa shape index (κ2) is 10.1. The Morgan fingerprint density at radius 2 is 1.59 bits per heavy atom. The second-order valence-corrected chi connectivity index (χ2v) is 8.64. The summed E-state index contributed by atoms with van der Waals surface area (Å²) in [5.74, 6) is 2.02. The highest BCUT2D eigenvalue weighted by molar-refractivity contribution is 6.19. The number of carbonyl (C=O) groups is 1. The molecule has 174 valence electrons. The lowest BCUT2D eigenvalue weighted by molar-refractivity contribution is 0.104. The Morgan fingerprint density at radius 1 is 0.882 bits per heavy atom. The van der Waals surface area contributed by atoms with Gasteiger partial charge < -0.3 is 13.9 Å². The number of fused-ring (bicyclic) bond motifs is 1. The maximum absolute atomic E-state index is 13.6. The number of piperidine rings is 1. The topological polar surface area (TPSA) is 51.9 Å². The lowest BCUT2D eigenvalue weighted by Crippen LogP contribution is -2.33. The highest BCUT2D eigenvalue weighted by Crippen LogP contribution is 2.36. The van der Waals surface area contributed by atoms with E-state index in [1.165, 1.54) is 19.3 Å². The molecule has 34 heavy (non-hydrogen) atoms. The molecule has 0 spiro atoms. The third kappa shape index (κ3) is 4.70. The monoisotopic (exact) mass is 455 g/mol. The van der Waals surface area contributed by atoms with Crippen LogP contribution in [-0.2, 0) is 0 Å². The molecule has 0 aliphatic carbocycles. The summed E-state index contributed by atoms with van der Waals surface area (Å²) in [6.07, 6.45) is 3.88. The van der Waals surface area contributed by atoms with Gasteiger partial charge in [-0.1, -0.05) is 24.6 Å². The summed E-state index contributed by atoms with van der Waals surface area (Å²) in [5.41, 5.74) is 2.69. The summed E-state index contributed by atoms with van der Waals surface area (Å²) < 4.78 is 17.4. The summed E-state index contributed by atoms with van der Waals surface area (Å²) in [7, 11) is 1.63. The fraction of sp³-hybridized carbons (Fsp3) is 0.276. The number of hydrogen-bond acceptors (Lipinski definition) is 5. The predicted octanol–water partition coefficient (Wildman–Crippen LogP) is 6.20. The average molecular weight is 456 g/mol. The minimum absolute atomic E-state index is 0.0735. The number of carbonyl (C=O) groups excluding carboxylic acids is 1. The first-order chi connectivity index (χ1) is 16.7. The van der Waals surface area contributed by atoms with Crippen molar-refractivity contribution in [2.24, 2.45) is 0 Å². The fourth-order valence-corrected chi connectivity index (χ4v) is 4.54. The first-order valence-electron chi connectivity index (χ1n) is 11.9. The molecule has 0 atom stereocenters. The van der Waals surface area contributed by atoms with Crippen molar-refractivity contribution in [3.05, 3.63) is 83.9 Å². The quantitative estimate of drug-likeness (QED) is 0.296. The molecule has 1 aliphatic heterocycles. The molecule has 0 bridgehead atoms. The van der Waals surface area contributed by atoms with Crippen molar-refractivity contribution in [2.45, 2.75) is 19.3 Å². The van der Waals surface area contributed by atoms with Crippen LogP contribution in [0.4, 0.5) is 0 Å². The SMILES string of the molecule is COc1ccc(-c2oc3ccccc3c2C(=O)c2ccc(OCCN3CCCCC3)cc2)cc1. The molecule has 3 aromatic carbocycles. The zero-order valence-electron chi connectivity index (χ0n) is 19.5. The Labute approximate surface area is 199 Å². The summed E-state index contributed by atoms with van der Waals surface area (Å²) in [5, 5.41) is 0.806. The molecule has 0 unspecified atom stereocenters. The third-order valence-corrected chi connectivity index (χ3v) is 6.42. The Hall–Kier alpha value is -3.57. The molecular weight excluding hydrogens is 426 g/mol. The van der Waals surface area contributed by atoms with Gasteiger partial charge in [-0.25, -0.2) is 0 Å². The summed E-state index contributed by atoms with van der Waals surface area (Å²) in [6, 6.07) is 22.6. The molecule has 1 saturated heterocycles. The summed E-state index contributed by atoms with van der Waals surface area (Å²) in [4.78, 5) is 16.1. The Bertz CT molecular complexity index is 1250. The Morgan fingerprint density at radius 3 is 2.32 bits per heavy atom. The van der Waals surface area contributed by atoms with Gasteiger partial charge in [0.1, 0.15) is 29.4 Å². The van der Waals surface area contributed by atoms with Crippen LogP contribution in [0.15, 0.2) is 77.2 Å². The molecule has 5 heteroatoms. The number of hydrogen-bond donors (Lipinski definition) is 0. The van der Waals surface area contributed by atoms with E-state index in [1.807, 2.05) is 72.8 Å². The second-order valence-electron chi connectivity index (χ2n) is 8.64. The van der Waals surface area contributed by atoms with Crippen LogP contribution < -0.4 is 9.47 Å². The summed E-state index contributed by atoms with van der Waals surface area (Å²) in [6.45, 7) is 3.91. The lowest BCUT2D eigenvalue weighted by Gasteiger charge is -2.26. The molecule has 0 amide bonds. The maximum atomic E-state index is 13.6. The number of furan rings is 1. The largest absolute Gasteiger partial charge is 0.497 e. The van der Waals surface area contributed by atoms with Gasteiger partial charge in [-0.05, 0) is 80.5 Å². The predicted molar refractivity (Wildman–Crippen MR) is 134 cm³/mol. The zero-order valence-corrected chi connectivity index (χ0v) is 19.5. The highest BCUT2D eigenvalue weighted by Gasteiger charge is 2.23. The van der Waals surface area contributed by atoms with Gasteiger partial charge >= 0.3 is 0 Å². The third-order valence-electron chi connectivity index (χ3n) is 6.42. The van der Waals surface area contributed by atoms with Crippen molar-refractivity contribution in [3.8, 4) is 22.8 Å². The van der Waals surface area contributed by atoms with Gasteiger partial charge in [0.05, 0.1) is 12.7 Å². The van der Waals surface area contributed by atoms with E-state index < -0.39 is 0 Å².